The minimum absolute atomic E-state index is 0.470. The van der Waals surface area contributed by atoms with Crippen molar-refractivity contribution in [1.82, 2.24) is 19.9 Å². The zero-order chi connectivity index (χ0) is 45.8. The Labute approximate surface area is 345 Å². The molecule has 0 spiro atoms. The van der Waals surface area contributed by atoms with Crippen molar-refractivity contribution in [2.24, 2.45) is 0 Å². The van der Waals surface area contributed by atoms with Gasteiger partial charge in [0, 0.05) is 22.3 Å². The fourth-order valence-corrected chi connectivity index (χ4v) is 7.49. The fourth-order valence-electron chi connectivity index (χ4n) is 7.49. The molecule has 8 bridgehead atoms. The first kappa shape index (κ1) is 41.7. The largest absolute Gasteiger partial charge is 0.349 e. The fraction of sp³-hybridized carbons (Fsp3) is 0. The Morgan fingerprint density at radius 2 is 0.422 bits per heavy atom. The lowest BCUT2D eigenvalue weighted by atomic mass is 10.0. The molecule has 0 saturated carbocycles. The summed E-state index contributed by atoms with van der Waals surface area (Å²) in [5.74, 6) is -33.0. The van der Waals surface area contributed by atoms with Crippen LogP contribution in [0.4, 0.5) is 70.2 Å². The Bertz CT molecular complexity index is 2950. The number of hydrogen-bond acceptors (Lipinski definition) is 2. The molecular formula is C44H14F16N4. The lowest BCUT2D eigenvalue weighted by Crippen LogP contribution is -1.97. The van der Waals surface area contributed by atoms with Gasteiger partial charge < -0.3 is 9.97 Å². The van der Waals surface area contributed by atoms with Gasteiger partial charge in [0.1, 0.15) is 69.3 Å². The predicted molar refractivity (Wildman–Crippen MR) is 200 cm³/mol. The van der Waals surface area contributed by atoms with E-state index in [1.807, 2.05) is 9.97 Å². The zero-order valence-corrected chi connectivity index (χ0v) is 30.9. The van der Waals surface area contributed by atoms with E-state index in [1.54, 1.807) is 0 Å². The van der Waals surface area contributed by atoms with E-state index in [9.17, 15) is 0 Å². The van der Waals surface area contributed by atoms with E-state index in [4.69, 9.17) is 0 Å². The maximum absolute atomic E-state index is 16.6. The zero-order valence-electron chi connectivity index (χ0n) is 30.9. The molecule has 2 N–H and O–H groups in total. The van der Waals surface area contributed by atoms with Gasteiger partial charge in [0.15, 0.2) is 46.6 Å². The Balaban J connectivity index is 1.70. The highest BCUT2D eigenvalue weighted by Gasteiger charge is 2.37. The second-order valence-electron chi connectivity index (χ2n) is 13.8. The van der Waals surface area contributed by atoms with Crippen molar-refractivity contribution >= 4 is 45.4 Å². The van der Waals surface area contributed by atoms with Gasteiger partial charge >= 0.3 is 0 Å². The molecule has 3 aromatic heterocycles. The average molecular weight is 903 g/mol. The van der Waals surface area contributed by atoms with Crippen molar-refractivity contribution in [3.63, 3.8) is 0 Å². The molecule has 9 rings (SSSR count). The number of rotatable bonds is 4. The van der Waals surface area contributed by atoms with Crippen LogP contribution in [-0.4, -0.2) is 19.9 Å². The number of nitrogens with zero attached hydrogens (tertiary/aromatic N) is 2. The van der Waals surface area contributed by atoms with Crippen LogP contribution in [0.1, 0.15) is 22.8 Å². The standard InChI is InChI=1S/C44H14F16N4/c45-13-5-1-6-14(46)21(13)25-37-29(53)31(55)39(61-37)26(22-15(47)7-2-8-16(22)48)41-33(57)35(59)43(63-41)28(24-19(51)11-4-12-20(24)52)44-36(60)34(58)42(64-44)27(23-17(49)9-3-10-18(23)50)40-32(56)30(54)38(25)62-40/h1-12,61,64H. The minimum atomic E-state index is -2.39. The van der Waals surface area contributed by atoms with Crippen LogP contribution in [-0.2, 0) is 0 Å². The molecule has 322 valence electrons. The molecular weight excluding hydrogens is 888 g/mol. The third kappa shape index (κ3) is 6.02. The normalized spacial score (nSPS) is 12.9. The summed E-state index contributed by atoms with van der Waals surface area (Å²) in [4.78, 5) is 10.8. The molecule has 4 aromatic carbocycles. The minimum Gasteiger partial charge on any atom is -0.349 e. The van der Waals surface area contributed by atoms with Crippen LogP contribution in [0.15, 0.2) is 72.8 Å². The van der Waals surface area contributed by atoms with Crippen molar-refractivity contribution in [3.8, 4) is 44.5 Å². The highest BCUT2D eigenvalue weighted by molar-refractivity contribution is 6.05. The number of benzene rings is 4. The van der Waals surface area contributed by atoms with E-state index < -0.39 is 182 Å². The lowest BCUT2D eigenvalue weighted by Gasteiger charge is -2.09. The average Bonchev–Trinajstić information content (AvgIpc) is 3.91. The van der Waals surface area contributed by atoms with Gasteiger partial charge in [0.05, 0.1) is 44.3 Å². The molecule has 0 aliphatic carbocycles. The molecule has 0 atom stereocenters. The molecule has 64 heavy (non-hydrogen) atoms. The van der Waals surface area contributed by atoms with Crippen LogP contribution >= 0.6 is 0 Å². The quantitative estimate of drug-likeness (QED) is 0.173. The van der Waals surface area contributed by atoms with Crippen molar-refractivity contribution in [2.75, 3.05) is 0 Å². The number of H-pyrrole nitrogens is 2. The number of aromatic nitrogens is 4. The van der Waals surface area contributed by atoms with Crippen molar-refractivity contribution in [3.05, 3.63) is 165 Å². The van der Waals surface area contributed by atoms with Gasteiger partial charge in [-0.25, -0.2) is 80.2 Å². The van der Waals surface area contributed by atoms with Gasteiger partial charge in [-0.1, -0.05) is 24.3 Å². The third-order valence-corrected chi connectivity index (χ3v) is 10.2. The predicted octanol–water partition coefficient (Wildman–Crippen LogP) is 14.2. The SMILES string of the molecule is FC1=C(F)c2nc1c(-c1c(F)cccc1F)c1[nH]c(c(F)c1F)c(-c1c(F)cccc1F)c1nc(c(-c3c(F)cccc3F)c3[nH]c(c(F)c3F)c2-c2c(F)cccc2F)C(F)=C1F. The van der Waals surface area contributed by atoms with Crippen LogP contribution < -0.4 is 0 Å². The van der Waals surface area contributed by atoms with Gasteiger partial charge in [-0.05, 0) is 48.5 Å². The summed E-state index contributed by atoms with van der Waals surface area (Å²) in [7, 11) is 0. The lowest BCUT2D eigenvalue weighted by molar-refractivity contribution is 0.528. The first-order valence-electron chi connectivity index (χ1n) is 17.9. The number of fused-ring (bicyclic) bond motifs is 8. The first-order valence-corrected chi connectivity index (χ1v) is 17.9. The molecule has 20 heteroatoms. The molecule has 2 aliphatic rings. The maximum Gasteiger partial charge on any atom is 0.187 e. The number of hydrogen-bond donors (Lipinski definition) is 2. The van der Waals surface area contributed by atoms with Crippen molar-refractivity contribution in [1.29, 1.82) is 0 Å². The molecule has 7 aromatic rings. The van der Waals surface area contributed by atoms with Gasteiger partial charge in [0.2, 0.25) is 0 Å². The summed E-state index contributed by atoms with van der Waals surface area (Å²) in [5, 5.41) is 0. The summed E-state index contributed by atoms with van der Waals surface area (Å²) < 4.78 is 258. The van der Waals surface area contributed by atoms with E-state index in [-0.39, 0.29) is 0 Å². The van der Waals surface area contributed by atoms with Crippen LogP contribution in [0, 0.1) is 69.8 Å². The molecule has 2 aliphatic heterocycles. The topological polar surface area (TPSA) is 57.4 Å². The smallest absolute Gasteiger partial charge is 0.187 e. The molecule has 0 radical (unpaired) electrons. The highest BCUT2D eigenvalue weighted by Crippen LogP contribution is 2.49. The Hall–Kier alpha value is -7.64. The van der Waals surface area contributed by atoms with Gasteiger partial charge in [0.25, 0.3) is 0 Å². The van der Waals surface area contributed by atoms with E-state index >= 15 is 70.2 Å². The van der Waals surface area contributed by atoms with Crippen molar-refractivity contribution in [2.45, 2.75) is 0 Å². The van der Waals surface area contributed by atoms with Gasteiger partial charge in [-0.2, -0.15) is 0 Å². The Morgan fingerprint density at radius 1 is 0.250 bits per heavy atom. The van der Waals surface area contributed by atoms with E-state index in [2.05, 4.69) is 9.97 Å². The van der Waals surface area contributed by atoms with Crippen LogP contribution in [0.2, 0.25) is 0 Å². The maximum atomic E-state index is 16.6. The van der Waals surface area contributed by atoms with Crippen LogP contribution in [0.5, 0.6) is 0 Å². The second-order valence-corrected chi connectivity index (χ2v) is 13.8. The number of nitrogens with one attached hydrogen (secondary N) is 2. The number of halogens is 16. The summed E-state index contributed by atoms with van der Waals surface area (Å²) in [6.07, 6.45) is 0. The molecule has 0 saturated heterocycles. The van der Waals surface area contributed by atoms with Gasteiger partial charge in [-0.3, -0.25) is 0 Å². The van der Waals surface area contributed by atoms with E-state index in [0.29, 0.717) is 48.5 Å². The number of aromatic amines is 2. The Kier molecular flexibility index (Phi) is 9.79. The van der Waals surface area contributed by atoms with Crippen LogP contribution in [0.3, 0.4) is 0 Å². The molecule has 0 fully saturated rings. The highest BCUT2D eigenvalue weighted by atomic mass is 19.2. The molecule has 0 unspecified atom stereocenters. The summed E-state index contributed by atoms with van der Waals surface area (Å²) in [6, 6.07) is 6.64. The molecule has 0 amide bonds. The van der Waals surface area contributed by atoms with Gasteiger partial charge in [-0.15, -0.1) is 0 Å². The Morgan fingerprint density at radius 3 is 0.594 bits per heavy atom. The summed E-state index contributed by atoms with van der Waals surface area (Å²) in [5.41, 5.74) is -26.5. The summed E-state index contributed by atoms with van der Waals surface area (Å²) >= 11 is 0. The van der Waals surface area contributed by atoms with E-state index in [0.717, 1.165) is 24.3 Å². The summed E-state index contributed by atoms with van der Waals surface area (Å²) in [6.45, 7) is 0. The second kappa shape index (κ2) is 15.0. The van der Waals surface area contributed by atoms with E-state index in [1.165, 1.54) is 0 Å². The van der Waals surface area contributed by atoms with Crippen LogP contribution in [0.25, 0.3) is 89.9 Å². The molecule has 4 nitrogen and oxygen atoms in total. The molecule has 5 heterocycles. The monoisotopic (exact) mass is 902 g/mol. The van der Waals surface area contributed by atoms with Crippen molar-refractivity contribution < 1.29 is 70.2 Å². The first-order chi connectivity index (χ1) is 30.4. The third-order valence-electron chi connectivity index (χ3n) is 10.2.